The van der Waals surface area contributed by atoms with Gasteiger partial charge in [-0.05, 0) is 54.8 Å². The number of nitrogens with two attached hydrogens (primary N) is 1. The van der Waals surface area contributed by atoms with Crippen LogP contribution >= 0.6 is 0 Å². The zero-order valence-corrected chi connectivity index (χ0v) is 19.7. The predicted octanol–water partition coefficient (Wildman–Crippen LogP) is 6.91. The van der Waals surface area contributed by atoms with Gasteiger partial charge in [-0.15, -0.1) is 5.10 Å². The number of aromatic nitrogens is 3. The van der Waals surface area contributed by atoms with Crippen LogP contribution in [0.2, 0.25) is 0 Å². The van der Waals surface area contributed by atoms with Crippen molar-refractivity contribution in [3.05, 3.63) is 77.7 Å². The summed E-state index contributed by atoms with van der Waals surface area (Å²) in [5.74, 6) is 1.17. The summed E-state index contributed by atoms with van der Waals surface area (Å²) in [6.45, 7) is 0. The van der Waals surface area contributed by atoms with Crippen LogP contribution in [0.3, 0.4) is 0 Å². The number of alkyl halides is 3. The minimum absolute atomic E-state index is 0.0737. The molecule has 1 fully saturated rings. The zero-order chi connectivity index (χ0) is 26.0. The maximum absolute atomic E-state index is 12.8. The first-order chi connectivity index (χ1) is 17.8. The number of nitrogens with zero attached hydrogens (tertiary/aromatic N) is 5. The van der Waals surface area contributed by atoms with Crippen molar-refractivity contribution in [3.63, 3.8) is 0 Å². The molecule has 2 aromatic carbocycles. The van der Waals surface area contributed by atoms with E-state index < -0.39 is 11.7 Å². The van der Waals surface area contributed by atoms with Crippen LogP contribution in [-0.4, -0.2) is 20.4 Å². The van der Waals surface area contributed by atoms with Gasteiger partial charge >= 0.3 is 6.18 Å². The minimum Gasteiger partial charge on any atom is -0.457 e. The summed E-state index contributed by atoms with van der Waals surface area (Å²) < 4.78 is 46.0. The first-order valence-corrected chi connectivity index (χ1v) is 11.9. The van der Waals surface area contributed by atoms with Crippen LogP contribution in [0.15, 0.2) is 71.2 Å². The number of rotatable bonds is 6. The largest absolute Gasteiger partial charge is 0.457 e. The molecule has 0 aliphatic heterocycles. The van der Waals surface area contributed by atoms with Crippen molar-refractivity contribution in [2.24, 2.45) is 16.1 Å². The van der Waals surface area contributed by atoms with Crippen molar-refractivity contribution in [3.8, 4) is 22.6 Å². The van der Waals surface area contributed by atoms with Gasteiger partial charge in [0.2, 0.25) is 0 Å². The maximum atomic E-state index is 12.8. The van der Waals surface area contributed by atoms with Crippen molar-refractivity contribution in [2.75, 3.05) is 0 Å². The quantitative estimate of drug-likeness (QED) is 0.128. The predicted molar refractivity (Wildman–Crippen MR) is 132 cm³/mol. The molecule has 11 heteroatoms. The molecule has 5 rings (SSSR count). The zero-order valence-electron chi connectivity index (χ0n) is 19.7. The van der Waals surface area contributed by atoms with Crippen LogP contribution in [0.4, 0.5) is 13.2 Å². The second kappa shape index (κ2) is 10.00. The summed E-state index contributed by atoms with van der Waals surface area (Å²) in [6, 6.07) is 11.9. The molecule has 0 atom stereocenters. The summed E-state index contributed by atoms with van der Waals surface area (Å²) in [5.41, 5.74) is 16.2. The molecule has 2 aromatic heterocycles. The van der Waals surface area contributed by atoms with Gasteiger partial charge in [-0.2, -0.15) is 23.8 Å². The van der Waals surface area contributed by atoms with Gasteiger partial charge in [-0.3, -0.25) is 0 Å². The smallest absolute Gasteiger partial charge is 0.416 e. The lowest BCUT2D eigenvalue weighted by Gasteiger charge is -2.25. The Labute approximate surface area is 210 Å². The molecule has 1 aliphatic rings. The van der Waals surface area contributed by atoms with E-state index in [4.69, 9.17) is 16.0 Å². The van der Waals surface area contributed by atoms with Gasteiger partial charge in [-0.1, -0.05) is 36.6 Å². The third-order valence-corrected chi connectivity index (χ3v) is 6.57. The van der Waals surface area contributed by atoms with Crippen molar-refractivity contribution in [1.82, 2.24) is 14.6 Å². The molecule has 0 saturated heterocycles. The van der Waals surface area contributed by atoms with E-state index in [1.54, 1.807) is 29.0 Å². The fourth-order valence-electron chi connectivity index (χ4n) is 4.78. The Hall–Kier alpha value is -4.28. The summed E-state index contributed by atoms with van der Waals surface area (Å²) in [7, 11) is 0. The molecule has 0 unspecified atom stereocenters. The second-order valence-electron chi connectivity index (χ2n) is 8.92. The molecule has 3 N–H and O–H groups in total. The van der Waals surface area contributed by atoms with Crippen LogP contribution in [0.5, 0.6) is 11.5 Å². The summed E-state index contributed by atoms with van der Waals surface area (Å²) in [6.07, 6.45) is 4.50. The van der Waals surface area contributed by atoms with Gasteiger partial charge in [0.05, 0.1) is 23.0 Å². The fourth-order valence-corrected chi connectivity index (χ4v) is 4.78. The van der Waals surface area contributed by atoms with E-state index in [9.17, 15) is 13.2 Å². The minimum atomic E-state index is -4.39. The van der Waals surface area contributed by atoms with E-state index in [2.05, 4.69) is 20.4 Å². The van der Waals surface area contributed by atoms with E-state index >= 15 is 0 Å². The monoisotopic (exact) mass is 507 g/mol. The molecule has 0 bridgehead atoms. The van der Waals surface area contributed by atoms with Gasteiger partial charge in [0, 0.05) is 17.7 Å². The maximum Gasteiger partial charge on any atom is 0.416 e. The van der Waals surface area contributed by atoms with Crippen molar-refractivity contribution < 1.29 is 17.9 Å². The molecular formula is C26H24F3N7O. The van der Waals surface area contributed by atoms with E-state index in [0.717, 1.165) is 54.6 Å². The normalized spacial score (nSPS) is 15.2. The molecule has 2 heterocycles. The van der Waals surface area contributed by atoms with Crippen LogP contribution in [0, 0.1) is 5.53 Å². The number of nitrogens with one attached hydrogen (secondary N) is 1. The van der Waals surface area contributed by atoms with E-state index in [-0.39, 0.29) is 11.8 Å². The Morgan fingerprint density at radius 2 is 1.62 bits per heavy atom. The molecule has 0 radical (unpaired) electrons. The van der Waals surface area contributed by atoms with Crippen molar-refractivity contribution in [2.45, 2.75) is 44.2 Å². The number of hydrogen-bond donors (Lipinski definition) is 2. The van der Waals surface area contributed by atoms with Gasteiger partial charge < -0.3 is 10.5 Å². The number of benzene rings is 2. The Morgan fingerprint density at radius 1 is 0.973 bits per heavy atom. The molecule has 1 aliphatic carbocycles. The first-order valence-electron chi connectivity index (χ1n) is 11.9. The van der Waals surface area contributed by atoms with Gasteiger partial charge in [0.25, 0.3) is 0 Å². The molecular weight excluding hydrogens is 483 g/mol. The van der Waals surface area contributed by atoms with Crippen LogP contribution in [-0.2, 0) is 6.18 Å². The second-order valence-corrected chi connectivity index (χ2v) is 8.92. The summed E-state index contributed by atoms with van der Waals surface area (Å²) in [5, 5.41) is 11.2. The Kier molecular flexibility index (Phi) is 6.60. The van der Waals surface area contributed by atoms with E-state index in [1.165, 1.54) is 18.6 Å². The summed E-state index contributed by atoms with van der Waals surface area (Å²) in [4.78, 5) is 4.61. The Balaban J connectivity index is 1.49. The third kappa shape index (κ3) is 5.02. The lowest BCUT2D eigenvalue weighted by molar-refractivity contribution is -0.137. The average Bonchev–Trinajstić information content (AvgIpc) is 3.33. The SMILES string of the molecule is N=N/N=C(\N)c1cnn2c(C3CCCCC3)c(-c3ccc(Oc4ccc(C(F)(F)F)cc4)cc3)cnc12. The number of hydrogen-bond acceptors (Lipinski definition) is 5. The molecule has 190 valence electrons. The lowest BCUT2D eigenvalue weighted by Crippen LogP contribution is -2.15. The highest BCUT2D eigenvalue weighted by molar-refractivity contribution is 6.02. The molecule has 0 amide bonds. The lowest BCUT2D eigenvalue weighted by atomic mass is 9.84. The third-order valence-electron chi connectivity index (χ3n) is 6.57. The van der Waals surface area contributed by atoms with Gasteiger partial charge in [-0.25, -0.2) is 9.50 Å². The Bertz CT molecular complexity index is 1440. The van der Waals surface area contributed by atoms with E-state index in [1.807, 2.05) is 12.1 Å². The van der Waals surface area contributed by atoms with Crippen LogP contribution < -0.4 is 10.5 Å². The molecule has 1 saturated carbocycles. The van der Waals surface area contributed by atoms with Crippen LogP contribution in [0.25, 0.3) is 16.8 Å². The summed E-state index contributed by atoms with van der Waals surface area (Å²) >= 11 is 0. The highest BCUT2D eigenvalue weighted by Crippen LogP contribution is 2.39. The Morgan fingerprint density at radius 3 is 2.24 bits per heavy atom. The molecule has 4 aromatic rings. The fraction of sp³-hybridized carbons (Fsp3) is 0.269. The molecule has 0 spiro atoms. The first kappa shape index (κ1) is 24.4. The average molecular weight is 508 g/mol. The molecule has 8 nitrogen and oxygen atoms in total. The van der Waals surface area contributed by atoms with Gasteiger partial charge in [0.1, 0.15) is 11.5 Å². The number of amidine groups is 1. The topological polar surface area (TPSA) is 114 Å². The van der Waals surface area contributed by atoms with Gasteiger partial charge in [0.15, 0.2) is 11.5 Å². The van der Waals surface area contributed by atoms with E-state index in [0.29, 0.717) is 22.7 Å². The highest BCUT2D eigenvalue weighted by atomic mass is 19.4. The standard InChI is InChI=1S/C26H24F3N7O/c27-26(28,29)18-8-12-20(13-9-18)37-19-10-6-16(7-11-19)21-14-32-25-22(24(30)34-35-31)15-33-36(25)23(21)17-4-2-1-3-5-17/h6-15,17H,1-5H2,(H3,30,31,34). The number of ether oxygens (including phenoxy) is 1. The van der Waals surface area contributed by atoms with Crippen LogP contribution in [0.1, 0.15) is 54.8 Å². The van der Waals surface area contributed by atoms with Crippen molar-refractivity contribution in [1.29, 1.82) is 5.53 Å². The molecule has 37 heavy (non-hydrogen) atoms. The van der Waals surface area contributed by atoms with Crippen molar-refractivity contribution >= 4 is 11.5 Å². The number of fused-ring (bicyclic) bond motifs is 1. The number of halogens is 3. The highest BCUT2D eigenvalue weighted by Gasteiger charge is 2.30.